The molecular weight excluding hydrogens is 386 g/mol. The highest BCUT2D eigenvalue weighted by Crippen LogP contribution is 2.31. The van der Waals surface area contributed by atoms with E-state index in [1.807, 2.05) is 36.6 Å². The first kappa shape index (κ1) is 19.6. The summed E-state index contributed by atoms with van der Waals surface area (Å²) in [6, 6.07) is 7.91. The zero-order valence-electron chi connectivity index (χ0n) is 16.5. The third kappa shape index (κ3) is 4.34. The molecule has 1 fully saturated rings. The lowest BCUT2D eigenvalue weighted by atomic mass is 9.95. The van der Waals surface area contributed by atoms with Crippen LogP contribution in [0.2, 0.25) is 0 Å². The van der Waals surface area contributed by atoms with E-state index in [9.17, 15) is 9.59 Å². The molecule has 0 atom stereocenters. The third-order valence-corrected chi connectivity index (χ3v) is 6.21. The van der Waals surface area contributed by atoms with Crippen LogP contribution in [0.15, 0.2) is 40.8 Å². The Balaban J connectivity index is 1.58. The average Bonchev–Trinajstić information content (AvgIpc) is 3.17. The Hall–Kier alpha value is -2.67. The van der Waals surface area contributed by atoms with Gasteiger partial charge in [0.05, 0.1) is 18.3 Å². The van der Waals surface area contributed by atoms with Crippen LogP contribution in [-0.4, -0.2) is 28.1 Å². The molecule has 1 aliphatic carbocycles. The summed E-state index contributed by atoms with van der Waals surface area (Å²) in [5.41, 5.74) is 1.59. The van der Waals surface area contributed by atoms with Gasteiger partial charge in [-0.05, 0) is 37.5 Å². The van der Waals surface area contributed by atoms with Crippen molar-refractivity contribution in [1.29, 1.82) is 0 Å². The largest absolute Gasteiger partial charge is 0.494 e. The molecule has 0 bridgehead atoms. The highest BCUT2D eigenvalue weighted by molar-refractivity contribution is 7.17. The molecule has 0 saturated heterocycles. The fraction of sp³-hybridized carbons (Fsp3) is 0.409. The molecule has 1 saturated carbocycles. The number of hydrogen-bond acceptors (Lipinski definition) is 5. The van der Waals surface area contributed by atoms with E-state index in [4.69, 9.17) is 4.74 Å². The second-order valence-corrected chi connectivity index (χ2v) is 8.23. The molecule has 2 aromatic heterocycles. The van der Waals surface area contributed by atoms with Gasteiger partial charge in [-0.1, -0.05) is 31.4 Å². The average molecular weight is 412 g/mol. The van der Waals surface area contributed by atoms with Crippen molar-refractivity contribution in [2.24, 2.45) is 0 Å². The van der Waals surface area contributed by atoms with E-state index in [0.29, 0.717) is 16.8 Å². The van der Waals surface area contributed by atoms with Gasteiger partial charge in [0.25, 0.3) is 5.56 Å². The molecule has 3 aromatic rings. The molecular formula is C22H25N3O3S. The minimum absolute atomic E-state index is 0.00314. The molecule has 152 valence electrons. The Labute approximate surface area is 173 Å². The van der Waals surface area contributed by atoms with Crippen LogP contribution in [0.25, 0.3) is 21.3 Å². The normalized spacial score (nSPS) is 14.8. The summed E-state index contributed by atoms with van der Waals surface area (Å²) in [7, 11) is 0. The van der Waals surface area contributed by atoms with Crippen LogP contribution in [0.3, 0.4) is 0 Å². The maximum Gasteiger partial charge on any atom is 0.263 e. The molecule has 7 heteroatoms. The summed E-state index contributed by atoms with van der Waals surface area (Å²) in [5, 5.41) is 5.57. The number of nitrogens with zero attached hydrogens (tertiary/aromatic N) is 2. The predicted octanol–water partition coefficient (Wildman–Crippen LogP) is 3.97. The molecule has 1 amide bonds. The molecule has 1 aromatic carbocycles. The summed E-state index contributed by atoms with van der Waals surface area (Å²) in [6.07, 6.45) is 7.05. The Bertz CT molecular complexity index is 1050. The van der Waals surface area contributed by atoms with Crippen molar-refractivity contribution in [3.8, 4) is 16.9 Å². The SMILES string of the molecule is CCOc1ccc(-c2csc3ncn(CC(=O)NC4CCCCC4)c(=O)c23)cc1. The fourth-order valence-electron chi connectivity index (χ4n) is 3.86. The van der Waals surface area contributed by atoms with Gasteiger partial charge in [0.15, 0.2) is 0 Å². The van der Waals surface area contributed by atoms with Crippen LogP contribution >= 0.6 is 11.3 Å². The lowest BCUT2D eigenvalue weighted by molar-refractivity contribution is -0.122. The van der Waals surface area contributed by atoms with Crippen molar-refractivity contribution in [3.05, 3.63) is 46.3 Å². The van der Waals surface area contributed by atoms with Crippen LogP contribution in [0.5, 0.6) is 5.75 Å². The molecule has 1 N–H and O–H groups in total. The summed E-state index contributed by atoms with van der Waals surface area (Å²) in [6.45, 7) is 2.55. The molecule has 2 heterocycles. The van der Waals surface area contributed by atoms with Crippen molar-refractivity contribution in [3.63, 3.8) is 0 Å². The van der Waals surface area contributed by atoms with E-state index in [-0.39, 0.29) is 24.1 Å². The first-order valence-electron chi connectivity index (χ1n) is 10.1. The summed E-state index contributed by atoms with van der Waals surface area (Å²) in [5.74, 6) is 0.670. The number of nitrogens with one attached hydrogen (secondary N) is 1. The molecule has 0 unspecified atom stereocenters. The number of amides is 1. The quantitative estimate of drug-likeness (QED) is 0.666. The zero-order chi connectivity index (χ0) is 20.2. The third-order valence-electron chi connectivity index (χ3n) is 5.32. The number of fused-ring (bicyclic) bond motifs is 1. The first-order valence-corrected chi connectivity index (χ1v) is 11.0. The Morgan fingerprint density at radius 2 is 2.00 bits per heavy atom. The van der Waals surface area contributed by atoms with Gasteiger partial charge >= 0.3 is 0 Å². The first-order chi connectivity index (χ1) is 14.2. The van der Waals surface area contributed by atoms with Crippen molar-refractivity contribution >= 4 is 27.5 Å². The molecule has 0 aliphatic heterocycles. The second kappa shape index (κ2) is 8.78. The van der Waals surface area contributed by atoms with Crippen molar-refractivity contribution < 1.29 is 9.53 Å². The number of carbonyl (C=O) groups is 1. The Morgan fingerprint density at radius 1 is 1.24 bits per heavy atom. The number of carbonyl (C=O) groups excluding carboxylic acids is 1. The van der Waals surface area contributed by atoms with Gasteiger partial charge in [-0.3, -0.25) is 14.2 Å². The Kier molecular flexibility index (Phi) is 5.94. The van der Waals surface area contributed by atoms with Gasteiger partial charge in [-0.25, -0.2) is 4.98 Å². The van der Waals surface area contributed by atoms with Gasteiger partial charge in [0.2, 0.25) is 5.91 Å². The van der Waals surface area contributed by atoms with Gasteiger partial charge in [0.1, 0.15) is 17.1 Å². The maximum atomic E-state index is 13.1. The van der Waals surface area contributed by atoms with E-state index in [0.717, 1.165) is 42.6 Å². The topological polar surface area (TPSA) is 73.2 Å². The van der Waals surface area contributed by atoms with Gasteiger partial charge in [-0.15, -0.1) is 11.3 Å². The van der Waals surface area contributed by atoms with Crippen molar-refractivity contribution in [2.75, 3.05) is 6.61 Å². The number of ether oxygens (including phenoxy) is 1. The highest BCUT2D eigenvalue weighted by Gasteiger charge is 2.18. The lowest BCUT2D eigenvalue weighted by Crippen LogP contribution is -2.39. The van der Waals surface area contributed by atoms with Gasteiger partial charge in [0, 0.05) is 17.0 Å². The molecule has 0 spiro atoms. The van der Waals surface area contributed by atoms with E-state index in [2.05, 4.69) is 10.3 Å². The van der Waals surface area contributed by atoms with E-state index in [1.54, 1.807) is 0 Å². The van der Waals surface area contributed by atoms with Crippen LogP contribution in [0.1, 0.15) is 39.0 Å². The minimum atomic E-state index is -0.182. The van der Waals surface area contributed by atoms with E-state index in [1.165, 1.54) is 28.7 Å². The predicted molar refractivity (Wildman–Crippen MR) is 116 cm³/mol. The number of aromatic nitrogens is 2. The van der Waals surface area contributed by atoms with Gasteiger partial charge in [-0.2, -0.15) is 0 Å². The van der Waals surface area contributed by atoms with Crippen molar-refractivity contribution in [1.82, 2.24) is 14.9 Å². The minimum Gasteiger partial charge on any atom is -0.494 e. The van der Waals surface area contributed by atoms with E-state index >= 15 is 0 Å². The second-order valence-electron chi connectivity index (χ2n) is 7.37. The number of benzene rings is 1. The van der Waals surface area contributed by atoms with Crippen LogP contribution in [0.4, 0.5) is 0 Å². The summed E-state index contributed by atoms with van der Waals surface area (Å²) < 4.78 is 6.90. The van der Waals surface area contributed by atoms with Crippen LogP contribution < -0.4 is 15.6 Å². The number of rotatable bonds is 6. The standard InChI is InChI=1S/C22H25N3O3S/c1-2-28-17-10-8-15(9-11-17)18-13-29-21-20(18)22(27)25(14-23-21)12-19(26)24-16-6-4-3-5-7-16/h8-11,13-14,16H,2-7,12H2,1H3,(H,24,26). The maximum absolute atomic E-state index is 13.1. The lowest BCUT2D eigenvalue weighted by Gasteiger charge is -2.22. The molecule has 1 aliphatic rings. The van der Waals surface area contributed by atoms with E-state index < -0.39 is 0 Å². The van der Waals surface area contributed by atoms with Gasteiger partial charge < -0.3 is 10.1 Å². The van der Waals surface area contributed by atoms with Crippen molar-refractivity contribution in [2.45, 2.75) is 51.6 Å². The summed E-state index contributed by atoms with van der Waals surface area (Å²) >= 11 is 1.44. The molecule has 29 heavy (non-hydrogen) atoms. The summed E-state index contributed by atoms with van der Waals surface area (Å²) in [4.78, 5) is 30.7. The van der Waals surface area contributed by atoms with Crippen LogP contribution in [0, 0.1) is 0 Å². The zero-order valence-corrected chi connectivity index (χ0v) is 17.3. The smallest absolute Gasteiger partial charge is 0.263 e. The Morgan fingerprint density at radius 3 is 2.72 bits per heavy atom. The number of hydrogen-bond donors (Lipinski definition) is 1. The monoisotopic (exact) mass is 411 g/mol. The fourth-order valence-corrected chi connectivity index (χ4v) is 4.77. The molecule has 4 rings (SSSR count). The number of thiophene rings is 1. The molecule has 6 nitrogen and oxygen atoms in total. The van der Waals surface area contributed by atoms with Crippen LogP contribution in [-0.2, 0) is 11.3 Å². The molecule has 0 radical (unpaired) electrons. The highest BCUT2D eigenvalue weighted by atomic mass is 32.1.